The fourth-order valence-electron chi connectivity index (χ4n) is 1.07. The van der Waals surface area contributed by atoms with Gasteiger partial charge in [-0.3, -0.25) is 0 Å². The van der Waals surface area contributed by atoms with Gasteiger partial charge in [0.05, 0.1) is 12.2 Å². The molecule has 0 unspecified atom stereocenters. The second-order valence-corrected chi connectivity index (χ2v) is 2.94. The van der Waals surface area contributed by atoms with E-state index >= 15 is 0 Å². The van der Waals surface area contributed by atoms with E-state index in [0.717, 1.165) is 12.1 Å². The fourth-order valence-corrected chi connectivity index (χ4v) is 1.07. The Balaban J connectivity index is 2.95. The maximum Gasteiger partial charge on any atom is 0.416 e. The first-order chi connectivity index (χ1) is 6.95. The van der Waals surface area contributed by atoms with Gasteiger partial charge in [0, 0.05) is 12.2 Å². The Hall–Kier alpha value is -1.10. The maximum absolute atomic E-state index is 13.0. The summed E-state index contributed by atoms with van der Waals surface area (Å²) in [4.78, 5) is 0. The molecule has 0 saturated carbocycles. The molecule has 0 radical (unpaired) electrons. The minimum Gasteiger partial charge on any atom is -0.377 e. The Morgan fingerprint density at radius 2 is 1.93 bits per heavy atom. The van der Waals surface area contributed by atoms with Gasteiger partial charge in [-0.15, -0.1) is 0 Å². The van der Waals surface area contributed by atoms with Crippen LogP contribution in [-0.2, 0) is 17.5 Å². The molecule has 0 saturated heterocycles. The topological polar surface area (TPSA) is 9.23 Å². The highest BCUT2D eigenvalue weighted by atomic mass is 19.4. The molecule has 0 heterocycles. The van der Waals surface area contributed by atoms with Gasteiger partial charge in [-0.1, -0.05) is 0 Å². The lowest BCUT2D eigenvalue weighted by molar-refractivity contribution is -0.137. The summed E-state index contributed by atoms with van der Waals surface area (Å²) in [7, 11) is 0. The molecule has 0 fully saturated rings. The summed E-state index contributed by atoms with van der Waals surface area (Å²) in [6.07, 6.45) is -4.45. The first-order valence-corrected chi connectivity index (χ1v) is 4.38. The highest BCUT2D eigenvalue weighted by Crippen LogP contribution is 2.30. The SMILES string of the molecule is CCOCc1cc(C(F)(F)F)ccc1F. The zero-order valence-corrected chi connectivity index (χ0v) is 8.07. The summed E-state index contributed by atoms with van der Waals surface area (Å²) in [5.74, 6) is -0.684. The van der Waals surface area contributed by atoms with Crippen LogP contribution in [0.25, 0.3) is 0 Å². The molecule has 1 aromatic rings. The predicted molar refractivity (Wildman–Crippen MR) is 46.7 cm³/mol. The molecular formula is C10H10F4O. The molecule has 0 spiro atoms. The number of hydrogen-bond donors (Lipinski definition) is 0. The molecule has 0 aromatic heterocycles. The van der Waals surface area contributed by atoms with E-state index in [1.165, 1.54) is 0 Å². The number of ether oxygens (including phenoxy) is 1. The van der Waals surface area contributed by atoms with Crippen LogP contribution in [0.1, 0.15) is 18.1 Å². The van der Waals surface area contributed by atoms with Gasteiger partial charge in [0.15, 0.2) is 0 Å². The van der Waals surface area contributed by atoms with Crippen molar-refractivity contribution in [1.29, 1.82) is 0 Å². The number of benzene rings is 1. The quantitative estimate of drug-likeness (QED) is 0.712. The summed E-state index contributed by atoms with van der Waals surface area (Å²) < 4.78 is 54.7. The van der Waals surface area contributed by atoms with Crippen LogP contribution < -0.4 is 0 Å². The van der Waals surface area contributed by atoms with E-state index in [9.17, 15) is 17.6 Å². The standard InChI is InChI=1S/C10H10F4O/c1-2-15-6-7-5-8(10(12,13)14)3-4-9(7)11/h3-5H,2,6H2,1H3. The van der Waals surface area contributed by atoms with E-state index in [1.54, 1.807) is 6.92 Å². The van der Waals surface area contributed by atoms with Crippen LogP contribution in [-0.4, -0.2) is 6.61 Å². The summed E-state index contributed by atoms with van der Waals surface area (Å²) in [5, 5.41) is 0. The third-order valence-electron chi connectivity index (χ3n) is 1.83. The summed E-state index contributed by atoms with van der Waals surface area (Å²) >= 11 is 0. The fraction of sp³-hybridized carbons (Fsp3) is 0.400. The van der Waals surface area contributed by atoms with Gasteiger partial charge in [-0.2, -0.15) is 13.2 Å². The van der Waals surface area contributed by atoms with Crippen molar-refractivity contribution < 1.29 is 22.3 Å². The second kappa shape index (κ2) is 4.61. The van der Waals surface area contributed by atoms with Gasteiger partial charge >= 0.3 is 6.18 Å². The predicted octanol–water partition coefficient (Wildman–Crippen LogP) is 3.38. The average Bonchev–Trinajstić information content (AvgIpc) is 2.15. The van der Waals surface area contributed by atoms with Crippen LogP contribution in [0.15, 0.2) is 18.2 Å². The molecule has 84 valence electrons. The van der Waals surface area contributed by atoms with Gasteiger partial charge in [-0.25, -0.2) is 4.39 Å². The molecule has 0 aliphatic carbocycles. The van der Waals surface area contributed by atoms with Gasteiger partial charge in [0.1, 0.15) is 5.82 Å². The molecule has 0 aliphatic rings. The zero-order valence-electron chi connectivity index (χ0n) is 8.07. The number of halogens is 4. The molecule has 1 aromatic carbocycles. The molecular weight excluding hydrogens is 212 g/mol. The lowest BCUT2D eigenvalue weighted by Crippen LogP contribution is -2.07. The van der Waals surface area contributed by atoms with E-state index in [0.29, 0.717) is 12.7 Å². The van der Waals surface area contributed by atoms with Gasteiger partial charge in [0.2, 0.25) is 0 Å². The lowest BCUT2D eigenvalue weighted by atomic mass is 10.1. The molecule has 1 nitrogen and oxygen atoms in total. The number of alkyl halides is 3. The number of rotatable bonds is 3. The molecule has 5 heteroatoms. The molecule has 15 heavy (non-hydrogen) atoms. The Morgan fingerprint density at radius 1 is 1.27 bits per heavy atom. The Kier molecular flexibility index (Phi) is 3.68. The summed E-state index contributed by atoms with van der Waals surface area (Å²) in [6, 6.07) is 2.28. The Labute approximate surface area is 84.7 Å². The van der Waals surface area contributed by atoms with Gasteiger partial charge in [0.25, 0.3) is 0 Å². The van der Waals surface area contributed by atoms with Crippen molar-refractivity contribution >= 4 is 0 Å². The van der Waals surface area contributed by atoms with E-state index in [1.807, 2.05) is 0 Å². The van der Waals surface area contributed by atoms with E-state index in [-0.39, 0.29) is 12.2 Å². The molecule has 0 aliphatic heterocycles. The van der Waals surface area contributed by atoms with Gasteiger partial charge < -0.3 is 4.74 Å². The number of hydrogen-bond acceptors (Lipinski definition) is 1. The Morgan fingerprint density at radius 3 is 2.47 bits per heavy atom. The molecule has 0 amide bonds. The summed E-state index contributed by atoms with van der Waals surface area (Å²) in [6.45, 7) is 1.87. The maximum atomic E-state index is 13.0. The van der Waals surface area contributed by atoms with Gasteiger partial charge in [-0.05, 0) is 25.1 Å². The van der Waals surface area contributed by atoms with Crippen LogP contribution in [0.4, 0.5) is 17.6 Å². The molecule has 1 rings (SSSR count). The highest BCUT2D eigenvalue weighted by Gasteiger charge is 2.30. The van der Waals surface area contributed by atoms with Crippen molar-refractivity contribution in [1.82, 2.24) is 0 Å². The highest BCUT2D eigenvalue weighted by molar-refractivity contribution is 5.26. The monoisotopic (exact) mass is 222 g/mol. The van der Waals surface area contributed by atoms with Crippen LogP contribution in [0, 0.1) is 5.82 Å². The lowest BCUT2D eigenvalue weighted by Gasteiger charge is -2.09. The van der Waals surface area contributed by atoms with E-state index < -0.39 is 17.6 Å². The third-order valence-corrected chi connectivity index (χ3v) is 1.83. The summed E-state index contributed by atoms with van der Waals surface area (Å²) in [5.41, 5.74) is -0.940. The smallest absolute Gasteiger partial charge is 0.377 e. The van der Waals surface area contributed by atoms with Crippen molar-refractivity contribution in [3.8, 4) is 0 Å². The third kappa shape index (κ3) is 3.20. The van der Waals surface area contributed by atoms with E-state index in [4.69, 9.17) is 4.74 Å². The van der Waals surface area contributed by atoms with Crippen molar-refractivity contribution in [2.75, 3.05) is 6.61 Å². The van der Waals surface area contributed by atoms with Crippen molar-refractivity contribution in [3.05, 3.63) is 35.1 Å². The van der Waals surface area contributed by atoms with Crippen LogP contribution in [0.2, 0.25) is 0 Å². The second-order valence-electron chi connectivity index (χ2n) is 2.94. The van der Waals surface area contributed by atoms with Crippen molar-refractivity contribution in [3.63, 3.8) is 0 Å². The van der Waals surface area contributed by atoms with Crippen LogP contribution in [0.5, 0.6) is 0 Å². The van der Waals surface area contributed by atoms with Crippen LogP contribution >= 0.6 is 0 Å². The van der Waals surface area contributed by atoms with Crippen molar-refractivity contribution in [2.45, 2.75) is 19.7 Å². The molecule has 0 N–H and O–H groups in total. The minimum absolute atomic E-state index is 0.0772. The van der Waals surface area contributed by atoms with Crippen molar-refractivity contribution in [2.24, 2.45) is 0 Å². The zero-order chi connectivity index (χ0) is 11.5. The normalized spacial score (nSPS) is 11.8. The average molecular weight is 222 g/mol. The molecule has 0 bridgehead atoms. The Bertz CT molecular complexity index is 333. The molecule has 0 atom stereocenters. The first kappa shape index (κ1) is 12.0. The van der Waals surface area contributed by atoms with E-state index in [2.05, 4.69) is 0 Å². The minimum atomic E-state index is -4.45. The largest absolute Gasteiger partial charge is 0.416 e. The first-order valence-electron chi connectivity index (χ1n) is 4.38. The van der Waals surface area contributed by atoms with Crippen LogP contribution in [0.3, 0.4) is 0 Å².